The molecule has 0 bridgehead atoms. The number of hydrogen-bond acceptors (Lipinski definition) is 3. The molecule has 0 aliphatic rings. The standard InChI is InChI=1S/C22H22FN3O2/c1-16(19-9-10-21(28-2)20(23)12-19)25-22(27)11-8-18-13-24-26(15-18)14-17-6-4-3-5-7-17/h3-13,15-16H,14H2,1-2H3,(H,25,27)/b11-8+/t16-/m0/s1. The summed E-state index contributed by atoms with van der Waals surface area (Å²) in [4.78, 5) is 12.2. The zero-order valence-electron chi connectivity index (χ0n) is 15.8. The summed E-state index contributed by atoms with van der Waals surface area (Å²) in [6.07, 6.45) is 6.72. The minimum atomic E-state index is -0.456. The van der Waals surface area contributed by atoms with Crippen LogP contribution in [-0.4, -0.2) is 22.8 Å². The minimum Gasteiger partial charge on any atom is -0.494 e. The van der Waals surface area contributed by atoms with Gasteiger partial charge in [-0.15, -0.1) is 0 Å². The van der Waals surface area contributed by atoms with Gasteiger partial charge in [0.1, 0.15) is 0 Å². The Balaban J connectivity index is 1.57. The van der Waals surface area contributed by atoms with Crippen molar-refractivity contribution >= 4 is 12.0 Å². The van der Waals surface area contributed by atoms with Crippen molar-refractivity contribution in [2.45, 2.75) is 19.5 Å². The molecule has 6 heteroatoms. The quantitative estimate of drug-likeness (QED) is 0.632. The van der Waals surface area contributed by atoms with Crippen LogP contribution >= 0.6 is 0 Å². The number of ether oxygens (including phenoxy) is 1. The van der Waals surface area contributed by atoms with Gasteiger partial charge in [0, 0.05) is 17.8 Å². The first-order chi connectivity index (χ1) is 13.5. The maximum absolute atomic E-state index is 13.8. The number of aromatic nitrogens is 2. The predicted molar refractivity (Wildman–Crippen MR) is 106 cm³/mol. The van der Waals surface area contributed by atoms with Crippen molar-refractivity contribution in [3.63, 3.8) is 0 Å². The molecule has 1 atom stereocenters. The van der Waals surface area contributed by atoms with Gasteiger partial charge in [-0.2, -0.15) is 5.10 Å². The molecule has 28 heavy (non-hydrogen) atoms. The van der Waals surface area contributed by atoms with Gasteiger partial charge in [-0.05, 0) is 36.3 Å². The van der Waals surface area contributed by atoms with Crippen LogP contribution in [-0.2, 0) is 11.3 Å². The highest BCUT2D eigenvalue weighted by atomic mass is 19.1. The molecule has 0 saturated carbocycles. The monoisotopic (exact) mass is 379 g/mol. The second-order valence-electron chi connectivity index (χ2n) is 6.41. The summed E-state index contributed by atoms with van der Waals surface area (Å²) in [5, 5.41) is 7.12. The third-order valence-electron chi connectivity index (χ3n) is 4.30. The van der Waals surface area contributed by atoms with Gasteiger partial charge in [-0.3, -0.25) is 9.48 Å². The zero-order valence-corrected chi connectivity index (χ0v) is 15.8. The first-order valence-corrected chi connectivity index (χ1v) is 8.93. The van der Waals surface area contributed by atoms with Crippen LogP contribution in [0.2, 0.25) is 0 Å². The Morgan fingerprint density at radius 3 is 2.79 bits per heavy atom. The molecule has 0 unspecified atom stereocenters. The molecular formula is C22H22FN3O2. The lowest BCUT2D eigenvalue weighted by Crippen LogP contribution is -2.24. The van der Waals surface area contributed by atoms with Crippen molar-refractivity contribution in [1.82, 2.24) is 15.1 Å². The second kappa shape index (κ2) is 8.99. The summed E-state index contributed by atoms with van der Waals surface area (Å²) in [6.45, 7) is 2.46. The topological polar surface area (TPSA) is 56.1 Å². The molecule has 1 N–H and O–H groups in total. The first-order valence-electron chi connectivity index (χ1n) is 8.93. The van der Waals surface area contributed by atoms with E-state index in [0.717, 1.165) is 11.1 Å². The molecular weight excluding hydrogens is 357 g/mol. The number of carbonyl (C=O) groups excluding carboxylic acids is 1. The largest absolute Gasteiger partial charge is 0.494 e. The van der Waals surface area contributed by atoms with Gasteiger partial charge in [0.25, 0.3) is 0 Å². The van der Waals surface area contributed by atoms with Crippen molar-refractivity contribution in [1.29, 1.82) is 0 Å². The molecule has 0 spiro atoms. The number of methoxy groups -OCH3 is 1. The molecule has 1 heterocycles. The molecule has 1 aromatic heterocycles. The first kappa shape index (κ1) is 19.4. The summed E-state index contributed by atoms with van der Waals surface area (Å²) in [5.74, 6) is -0.545. The van der Waals surface area contributed by atoms with Crippen LogP contribution in [0.15, 0.2) is 67.0 Å². The normalized spacial score (nSPS) is 12.1. The Morgan fingerprint density at radius 1 is 1.29 bits per heavy atom. The number of nitrogens with zero attached hydrogens (tertiary/aromatic N) is 2. The van der Waals surface area contributed by atoms with E-state index in [4.69, 9.17) is 4.74 Å². The smallest absolute Gasteiger partial charge is 0.244 e. The maximum Gasteiger partial charge on any atom is 0.244 e. The molecule has 0 aliphatic heterocycles. The summed E-state index contributed by atoms with van der Waals surface area (Å²) >= 11 is 0. The summed E-state index contributed by atoms with van der Waals surface area (Å²) < 4.78 is 20.5. The Labute approximate surface area is 163 Å². The molecule has 3 aromatic rings. The van der Waals surface area contributed by atoms with E-state index in [-0.39, 0.29) is 17.7 Å². The number of carbonyl (C=O) groups is 1. The number of rotatable bonds is 7. The third-order valence-corrected chi connectivity index (χ3v) is 4.30. The third kappa shape index (κ3) is 5.07. The maximum atomic E-state index is 13.8. The van der Waals surface area contributed by atoms with E-state index in [0.29, 0.717) is 12.1 Å². The minimum absolute atomic E-state index is 0.176. The molecule has 0 fully saturated rings. The zero-order chi connectivity index (χ0) is 19.9. The van der Waals surface area contributed by atoms with Crippen molar-refractivity contribution in [2.75, 3.05) is 7.11 Å². The van der Waals surface area contributed by atoms with Crippen LogP contribution in [0, 0.1) is 5.82 Å². The van der Waals surface area contributed by atoms with Crippen molar-refractivity contribution in [2.24, 2.45) is 0 Å². The lowest BCUT2D eigenvalue weighted by Gasteiger charge is -2.14. The Kier molecular flexibility index (Phi) is 6.22. The summed E-state index contributed by atoms with van der Waals surface area (Å²) in [7, 11) is 1.41. The van der Waals surface area contributed by atoms with Crippen molar-refractivity contribution in [3.05, 3.63) is 89.5 Å². The van der Waals surface area contributed by atoms with Crippen LogP contribution < -0.4 is 10.1 Å². The van der Waals surface area contributed by atoms with E-state index >= 15 is 0 Å². The van der Waals surface area contributed by atoms with Gasteiger partial charge in [-0.1, -0.05) is 36.4 Å². The van der Waals surface area contributed by atoms with E-state index in [9.17, 15) is 9.18 Å². The van der Waals surface area contributed by atoms with Gasteiger partial charge in [0.2, 0.25) is 5.91 Å². The van der Waals surface area contributed by atoms with Gasteiger partial charge in [-0.25, -0.2) is 4.39 Å². The van der Waals surface area contributed by atoms with Crippen LogP contribution in [0.25, 0.3) is 6.08 Å². The Bertz CT molecular complexity index is 967. The molecule has 5 nitrogen and oxygen atoms in total. The molecule has 144 valence electrons. The lowest BCUT2D eigenvalue weighted by molar-refractivity contribution is -0.117. The molecule has 0 saturated heterocycles. The Hall–Kier alpha value is -3.41. The van der Waals surface area contributed by atoms with E-state index in [1.807, 2.05) is 41.2 Å². The van der Waals surface area contributed by atoms with E-state index in [1.165, 1.54) is 19.3 Å². The van der Waals surface area contributed by atoms with Crippen LogP contribution in [0.1, 0.15) is 29.7 Å². The fourth-order valence-corrected chi connectivity index (χ4v) is 2.79. The predicted octanol–water partition coefficient (Wildman–Crippen LogP) is 3.97. The van der Waals surface area contributed by atoms with Crippen molar-refractivity contribution < 1.29 is 13.9 Å². The lowest BCUT2D eigenvalue weighted by atomic mass is 10.1. The average Bonchev–Trinajstić information content (AvgIpc) is 3.14. The highest BCUT2D eigenvalue weighted by Crippen LogP contribution is 2.21. The van der Waals surface area contributed by atoms with Crippen LogP contribution in [0.3, 0.4) is 0 Å². The van der Waals surface area contributed by atoms with Gasteiger partial charge >= 0.3 is 0 Å². The van der Waals surface area contributed by atoms with Crippen LogP contribution in [0.4, 0.5) is 4.39 Å². The molecule has 0 aliphatic carbocycles. The van der Waals surface area contributed by atoms with Gasteiger partial charge < -0.3 is 10.1 Å². The summed E-state index contributed by atoms with van der Waals surface area (Å²) in [6, 6.07) is 14.3. The number of halogens is 1. The number of hydrogen-bond donors (Lipinski definition) is 1. The SMILES string of the molecule is COc1ccc([C@H](C)NC(=O)/C=C/c2cnn(Cc3ccccc3)c2)cc1F. The van der Waals surface area contributed by atoms with E-state index < -0.39 is 5.82 Å². The number of nitrogens with one attached hydrogen (secondary N) is 1. The fourth-order valence-electron chi connectivity index (χ4n) is 2.79. The molecule has 0 radical (unpaired) electrons. The number of benzene rings is 2. The molecule has 3 rings (SSSR count). The molecule has 1 amide bonds. The van der Waals surface area contributed by atoms with Gasteiger partial charge in [0.15, 0.2) is 11.6 Å². The fraction of sp³-hybridized carbons (Fsp3) is 0.182. The van der Waals surface area contributed by atoms with Gasteiger partial charge in [0.05, 0.1) is 25.9 Å². The van der Waals surface area contributed by atoms with E-state index in [1.54, 1.807) is 31.3 Å². The molecule has 2 aromatic carbocycles. The highest BCUT2D eigenvalue weighted by molar-refractivity contribution is 5.91. The second-order valence-corrected chi connectivity index (χ2v) is 6.41. The van der Waals surface area contributed by atoms with Crippen molar-refractivity contribution in [3.8, 4) is 5.75 Å². The van der Waals surface area contributed by atoms with E-state index in [2.05, 4.69) is 10.4 Å². The highest BCUT2D eigenvalue weighted by Gasteiger charge is 2.11. The Morgan fingerprint density at radius 2 is 2.07 bits per heavy atom. The number of amides is 1. The van der Waals surface area contributed by atoms with Crippen LogP contribution in [0.5, 0.6) is 5.75 Å². The average molecular weight is 379 g/mol. The summed E-state index contributed by atoms with van der Waals surface area (Å²) in [5.41, 5.74) is 2.64.